The van der Waals surface area contributed by atoms with Crippen LogP contribution in [0.15, 0.2) is 18.2 Å². The molecule has 0 aliphatic carbocycles. The Hall–Kier alpha value is -1.55. The highest BCUT2D eigenvalue weighted by Gasteiger charge is 2.24. The summed E-state index contributed by atoms with van der Waals surface area (Å²) in [5, 5.41) is 9.72. The van der Waals surface area contributed by atoms with Gasteiger partial charge in [0.2, 0.25) is 0 Å². The summed E-state index contributed by atoms with van der Waals surface area (Å²) < 4.78 is 5.39. The predicted octanol–water partition coefficient (Wildman–Crippen LogP) is 1.56. The van der Waals surface area contributed by atoms with E-state index in [4.69, 9.17) is 4.74 Å². The summed E-state index contributed by atoms with van der Waals surface area (Å²) in [6, 6.07) is 5.07. The molecule has 1 aliphatic rings. The topological polar surface area (TPSA) is 49.8 Å². The molecule has 4 heteroatoms. The van der Waals surface area contributed by atoms with E-state index in [1.165, 1.54) is 0 Å². The largest absolute Gasteiger partial charge is 0.507 e. The minimum absolute atomic E-state index is 0.0414. The van der Waals surface area contributed by atoms with E-state index in [2.05, 4.69) is 0 Å². The molecular weight excluding hydrogens is 218 g/mol. The normalized spacial score (nSPS) is 20.4. The van der Waals surface area contributed by atoms with Crippen molar-refractivity contribution in [2.24, 2.45) is 0 Å². The van der Waals surface area contributed by atoms with Gasteiger partial charge in [-0.3, -0.25) is 4.79 Å². The van der Waals surface area contributed by atoms with Gasteiger partial charge in [0.05, 0.1) is 18.3 Å². The number of carbonyl (C=O) groups excluding carboxylic acids is 1. The van der Waals surface area contributed by atoms with Crippen LogP contribution in [0.4, 0.5) is 0 Å². The van der Waals surface area contributed by atoms with Crippen molar-refractivity contribution >= 4 is 5.91 Å². The molecule has 0 radical (unpaired) electrons. The predicted molar refractivity (Wildman–Crippen MR) is 64.2 cm³/mol. The lowest BCUT2D eigenvalue weighted by atomic mass is 10.1. The van der Waals surface area contributed by atoms with Crippen LogP contribution in [0.2, 0.25) is 0 Å². The summed E-state index contributed by atoms with van der Waals surface area (Å²) in [5.41, 5.74) is 1.34. The number of nitrogens with zero attached hydrogens (tertiary/aromatic N) is 1. The van der Waals surface area contributed by atoms with Gasteiger partial charge in [0, 0.05) is 13.1 Å². The van der Waals surface area contributed by atoms with Crippen LogP contribution in [0.1, 0.15) is 22.8 Å². The van der Waals surface area contributed by atoms with Gasteiger partial charge >= 0.3 is 0 Å². The number of hydrogen-bond donors (Lipinski definition) is 1. The van der Waals surface area contributed by atoms with Crippen molar-refractivity contribution in [3.63, 3.8) is 0 Å². The van der Waals surface area contributed by atoms with Crippen molar-refractivity contribution in [1.29, 1.82) is 0 Å². The highest BCUT2D eigenvalue weighted by atomic mass is 16.5. The number of hydrogen-bond acceptors (Lipinski definition) is 3. The lowest BCUT2D eigenvalue weighted by Gasteiger charge is -2.31. The van der Waals surface area contributed by atoms with E-state index in [9.17, 15) is 9.90 Å². The van der Waals surface area contributed by atoms with E-state index >= 15 is 0 Å². The Balaban J connectivity index is 2.21. The third-order valence-corrected chi connectivity index (χ3v) is 2.91. The average molecular weight is 235 g/mol. The van der Waals surface area contributed by atoms with Crippen molar-refractivity contribution in [2.45, 2.75) is 20.0 Å². The summed E-state index contributed by atoms with van der Waals surface area (Å²) in [5.74, 6) is -0.0823. The molecule has 0 aromatic heterocycles. The zero-order valence-electron chi connectivity index (χ0n) is 10.1. The number of phenols is 1. The Morgan fingerprint density at radius 2 is 2.29 bits per heavy atom. The number of phenolic OH excluding ortho intramolecular Hbond substituents is 1. The first-order chi connectivity index (χ1) is 8.08. The molecule has 2 rings (SSSR count). The van der Waals surface area contributed by atoms with Gasteiger partial charge in [-0.15, -0.1) is 0 Å². The molecule has 92 valence electrons. The van der Waals surface area contributed by atoms with Crippen molar-refractivity contribution in [2.75, 3.05) is 19.7 Å². The molecule has 1 N–H and O–H groups in total. The SMILES string of the molecule is Cc1ccc(O)c(C(=O)N2CCOC(C)C2)c1. The zero-order valence-corrected chi connectivity index (χ0v) is 10.1. The second-order valence-corrected chi connectivity index (χ2v) is 4.45. The first-order valence-electron chi connectivity index (χ1n) is 5.78. The fraction of sp³-hybridized carbons (Fsp3) is 0.462. The van der Waals surface area contributed by atoms with Gasteiger partial charge in [0.15, 0.2) is 0 Å². The Morgan fingerprint density at radius 1 is 1.53 bits per heavy atom. The fourth-order valence-corrected chi connectivity index (χ4v) is 1.99. The van der Waals surface area contributed by atoms with Gasteiger partial charge in [-0.2, -0.15) is 0 Å². The van der Waals surface area contributed by atoms with Crippen LogP contribution in [0.5, 0.6) is 5.75 Å². The summed E-state index contributed by atoms with van der Waals surface area (Å²) >= 11 is 0. The number of aromatic hydroxyl groups is 1. The Morgan fingerprint density at radius 3 is 3.00 bits per heavy atom. The van der Waals surface area contributed by atoms with Crippen LogP contribution < -0.4 is 0 Å². The van der Waals surface area contributed by atoms with Gasteiger partial charge in [-0.1, -0.05) is 11.6 Å². The van der Waals surface area contributed by atoms with Gasteiger partial charge in [0.25, 0.3) is 5.91 Å². The minimum atomic E-state index is -0.124. The highest BCUT2D eigenvalue weighted by Crippen LogP contribution is 2.21. The van der Waals surface area contributed by atoms with Crippen LogP contribution in [0.25, 0.3) is 0 Å². The first kappa shape index (κ1) is 11.9. The van der Waals surface area contributed by atoms with Crippen molar-refractivity contribution < 1.29 is 14.6 Å². The number of aryl methyl sites for hydroxylation is 1. The van der Waals surface area contributed by atoms with E-state index in [-0.39, 0.29) is 17.8 Å². The van der Waals surface area contributed by atoms with Gasteiger partial charge in [-0.25, -0.2) is 0 Å². The standard InChI is InChI=1S/C13H17NO3/c1-9-3-4-12(15)11(7-9)13(16)14-5-6-17-10(2)8-14/h3-4,7,10,15H,5-6,8H2,1-2H3. The van der Waals surface area contributed by atoms with Gasteiger partial charge in [0.1, 0.15) is 5.75 Å². The number of morpholine rings is 1. The van der Waals surface area contributed by atoms with Crippen LogP contribution in [-0.2, 0) is 4.74 Å². The second-order valence-electron chi connectivity index (χ2n) is 4.45. The Kier molecular flexibility index (Phi) is 3.33. The average Bonchev–Trinajstić information content (AvgIpc) is 2.31. The van der Waals surface area contributed by atoms with E-state index in [0.29, 0.717) is 25.3 Å². The van der Waals surface area contributed by atoms with Crippen LogP contribution >= 0.6 is 0 Å². The summed E-state index contributed by atoms with van der Waals surface area (Å²) in [4.78, 5) is 14.0. The fourth-order valence-electron chi connectivity index (χ4n) is 1.99. The number of carbonyl (C=O) groups is 1. The number of rotatable bonds is 1. The van der Waals surface area contributed by atoms with Crippen molar-refractivity contribution in [1.82, 2.24) is 4.90 Å². The molecule has 0 saturated carbocycles. The first-order valence-corrected chi connectivity index (χ1v) is 5.78. The molecule has 1 saturated heterocycles. The van der Waals surface area contributed by atoms with Crippen molar-refractivity contribution in [3.05, 3.63) is 29.3 Å². The molecule has 1 aliphatic heterocycles. The number of benzene rings is 1. The molecular formula is C13H17NO3. The zero-order chi connectivity index (χ0) is 12.4. The van der Waals surface area contributed by atoms with E-state index < -0.39 is 0 Å². The molecule has 0 bridgehead atoms. The number of ether oxygens (including phenoxy) is 1. The maximum atomic E-state index is 12.2. The smallest absolute Gasteiger partial charge is 0.257 e. The lowest BCUT2D eigenvalue weighted by Crippen LogP contribution is -2.44. The second kappa shape index (κ2) is 4.75. The summed E-state index contributed by atoms with van der Waals surface area (Å²) in [7, 11) is 0. The third-order valence-electron chi connectivity index (χ3n) is 2.91. The molecule has 1 aromatic carbocycles. The molecule has 1 unspecified atom stereocenters. The Labute approximate surface area is 101 Å². The van der Waals surface area contributed by atoms with E-state index in [0.717, 1.165) is 5.56 Å². The molecule has 17 heavy (non-hydrogen) atoms. The molecule has 4 nitrogen and oxygen atoms in total. The van der Waals surface area contributed by atoms with Crippen LogP contribution in [-0.4, -0.2) is 41.7 Å². The molecule has 0 spiro atoms. The lowest BCUT2D eigenvalue weighted by molar-refractivity contribution is -0.0125. The quantitative estimate of drug-likeness (QED) is 0.803. The maximum Gasteiger partial charge on any atom is 0.257 e. The Bertz CT molecular complexity index is 431. The van der Waals surface area contributed by atoms with E-state index in [1.807, 2.05) is 13.8 Å². The summed E-state index contributed by atoms with van der Waals surface area (Å²) in [6.45, 7) is 5.55. The number of amides is 1. The molecule has 1 aromatic rings. The van der Waals surface area contributed by atoms with Gasteiger partial charge < -0.3 is 14.7 Å². The highest BCUT2D eigenvalue weighted by molar-refractivity contribution is 5.97. The molecule has 1 fully saturated rings. The van der Waals surface area contributed by atoms with Crippen molar-refractivity contribution in [3.8, 4) is 5.75 Å². The van der Waals surface area contributed by atoms with Gasteiger partial charge in [-0.05, 0) is 26.0 Å². The molecule has 1 amide bonds. The summed E-state index contributed by atoms with van der Waals surface area (Å²) in [6.07, 6.45) is 0.0552. The third kappa shape index (κ3) is 2.58. The van der Waals surface area contributed by atoms with E-state index in [1.54, 1.807) is 23.1 Å². The molecule has 1 atom stereocenters. The van der Waals surface area contributed by atoms with Crippen LogP contribution in [0, 0.1) is 6.92 Å². The maximum absolute atomic E-state index is 12.2. The minimum Gasteiger partial charge on any atom is -0.507 e. The molecule has 1 heterocycles. The monoisotopic (exact) mass is 235 g/mol. The van der Waals surface area contributed by atoms with Crippen LogP contribution in [0.3, 0.4) is 0 Å².